The molecule has 2 aromatic rings. The van der Waals surface area contributed by atoms with Gasteiger partial charge >= 0.3 is 0 Å². The minimum atomic E-state index is 0.709. The van der Waals surface area contributed by atoms with Crippen LogP contribution < -0.4 is 5.32 Å². The Hall–Kier alpha value is -1.87. The van der Waals surface area contributed by atoms with Gasteiger partial charge in [0.05, 0.1) is 0 Å². The predicted octanol–water partition coefficient (Wildman–Crippen LogP) is 2.21. The molecule has 82 valence electrons. The Bertz CT molecular complexity index is 526. The molecule has 1 aromatic carbocycles. The lowest BCUT2D eigenvalue weighted by Gasteiger charge is -1.95. The first-order valence-corrected chi connectivity index (χ1v) is 5.22. The largest absolute Gasteiger partial charge is 0.360 e. The number of aromatic amines is 1. The van der Waals surface area contributed by atoms with E-state index in [2.05, 4.69) is 22.5 Å². The summed E-state index contributed by atoms with van der Waals surface area (Å²) < 4.78 is 0. The molecule has 0 unspecified atom stereocenters. The second kappa shape index (κ2) is 4.77. The van der Waals surface area contributed by atoms with Crippen LogP contribution in [0.3, 0.4) is 0 Å². The van der Waals surface area contributed by atoms with E-state index in [1.165, 1.54) is 0 Å². The summed E-state index contributed by atoms with van der Waals surface area (Å²) >= 11 is 0. The van der Waals surface area contributed by atoms with Gasteiger partial charge in [-0.1, -0.05) is 24.3 Å². The highest BCUT2D eigenvalue weighted by Gasteiger charge is 2.01. The average Bonchev–Trinajstić information content (AvgIpc) is 2.71. The van der Waals surface area contributed by atoms with Crippen LogP contribution in [0.4, 0.5) is 0 Å². The maximum absolute atomic E-state index is 10.7. The second-order valence-corrected chi connectivity index (χ2v) is 3.63. The Morgan fingerprint density at radius 3 is 3.06 bits per heavy atom. The quantitative estimate of drug-likeness (QED) is 0.766. The van der Waals surface area contributed by atoms with E-state index in [-0.39, 0.29) is 0 Å². The number of benzene rings is 1. The van der Waals surface area contributed by atoms with Crippen molar-refractivity contribution in [2.24, 2.45) is 0 Å². The lowest BCUT2D eigenvalue weighted by molar-refractivity contribution is 0.112. The van der Waals surface area contributed by atoms with E-state index in [9.17, 15) is 4.79 Å². The first kappa shape index (κ1) is 10.6. The summed E-state index contributed by atoms with van der Waals surface area (Å²) in [6.45, 7) is 0.850. The third-order valence-corrected chi connectivity index (χ3v) is 2.50. The Morgan fingerprint density at radius 2 is 2.31 bits per heavy atom. The predicted molar refractivity (Wildman–Crippen MR) is 66.6 cm³/mol. The Labute approximate surface area is 94.2 Å². The van der Waals surface area contributed by atoms with Crippen molar-refractivity contribution < 1.29 is 4.79 Å². The molecule has 2 rings (SSSR count). The molecule has 0 atom stereocenters. The molecular formula is C13H14N2O. The third-order valence-electron chi connectivity index (χ3n) is 2.50. The fourth-order valence-corrected chi connectivity index (χ4v) is 1.68. The number of carbonyl (C=O) groups excluding carboxylic acids is 1. The molecule has 0 aliphatic rings. The van der Waals surface area contributed by atoms with Crippen LogP contribution in [0.15, 0.2) is 30.5 Å². The number of carbonyl (C=O) groups is 1. The van der Waals surface area contributed by atoms with Crippen LogP contribution in [-0.2, 0) is 0 Å². The van der Waals surface area contributed by atoms with E-state index in [1.54, 1.807) is 6.20 Å². The Balaban J connectivity index is 2.34. The number of rotatable bonds is 4. The molecular weight excluding hydrogens is 200 g/mol. The van der Waals surface area contributed by atoms with Gasteiger partial charge in [-0.05, 0) is 18.7 Å². The zero-order valence-corrected chi connectivity index (χ0v) is 9.16. The molecule has 0 bridgehead atoms. The van der Waals surface area contributed by atoms with E-state index < -0.39 is 0 Å². The summed E-state index contributed by atoms with van der Waals surface area (Å²) in [5.74, 6) is 0. The maximum atomic E-state index is 10.7. The number of fused-ring (bicyclic) bond motifs is 1. The molecule has 16 heavy (non-hydrogen) atoms. The molecule has 0 amide bonds. The summed E-state index contributed by atoms with van der Waals surface area (Å²) in [7, 11) is 1.91. The van der Waals surface area contributed by atoms with Crippen molar-refractivity contribution >= 4 is 23.3 Å². The van der Waals surface area contributed by atoms with E-state index in [0.717, 1.165) is 29.3 Å². The molecule has 0 aliphatic carbocycles. The van der Waals surface area contributed by atoms with Gasteiger partial charge in [-0.15, -0.1) is 0 Å². The van der Waals surface area contributed by atoms with Crippen molar-refractivity contribution in [1.29, 1.82) is 0 Å². The van der Waals surface area contributed by atoms with E-state index in [1.807, 2.05) is 25.2 Å². The van der Waals surface area contributed by atoms with Gasteiger partial charge in [0, 0.05) is 29.2 Å². The van der Waals surface area contributed by atoms with Gasteiger partial charge < -0.3 is 10.3 Å². The van der Waals surface area contributed by atoms with Crippen molar-refractivity contribution in [2.75, 3.05) is 13.6 Å². The van der Waals surface area contributed by atoms with Crippen molar-refractivity contribution in [3.8, 4) is 0 Å². The number of aromatic nitrogens is 1. The number of hydrogen-bond acceptors (Lipinski definition) is 2. The van der Waals surface area contributed by atoms with Crippen LogP contribution in [0.5, 0.6) is 0 Å². The maximum Gasteiger partial charge on any atom is 0.152 e. The molecule has 0 radical (unpaired) electrons. The number of likely N-dealkylation sites (N-methyl/N-ethyl adjacent to an activating group) is 1. The second-order valence-electron chi connectivity index (χ2n) is 3.63. The minimum Gasteiger partial charge on any atom is -0.360 e. The average molecular weight is 214 g/mol. The molecule has 0 aliphatic heterocycles. The van der Waals surface area contributed by atoms with Gasteiger partial charge in [0.2, 0.25) is 0 Å². The Kier molecular flexibility index (Phi) is 3.17. The lowest BCUT2D eigenvalue weighted by Crippen LogP contribution is -2.03. The fraction of sp³-hybridized carbons (Fsp3) is 0.154. The van der Waals surface area contributed by atoms with Gasteiger partial charge in [-0.3, -0.25) is 4.79 Å². The summed E-state index contributed by atoms with van der Waals surface area (Å²) in [5, 5.41) is 4.02. The van der Waals surface area contributed by atoms with Crippen LogP contribution >= 0.6 is 0 Å². The van der Waals surface area contributed by atoms with Gasteiger partial charge in [0.25, 0.3) is 0 Å². The third kappa shape index (κ3) is 2.04. The minimum absolute atomic E-state index is 0.709. The van der Waals surface area contributed by atoms with Gasteiger partial charge in [-0.2, -0.15) is 0 Å². The standard InChI is InChI=1S/C13H14N2O/c1-14-6-2-3-10-4-5-12-11(9-16)8-15-13(12)7-10/h2-5,7-9,14-15H,6H2,1H3. The first-order chi connectivity index (χ1) is 7.85. The van der Waals surface area contributed by atoms with Crippen molar-refractivity contribution in [2.45, 2.75) is 0 Å². The number of nitrogens with one attached hydrogen (secondary N) is 2. The fourth-order valence-electron chi connectivity index (χ4n) is 1.68. The molecule has 0 fully saturated rings. The zero-order chi connectivity index (χ0) is 11.4. The SMILES string of the molecule is CNCC=Cc1ccc2c(C=O)c[nH]c2c1. The lowest BCUT2D eigenvalue weighted by atomic mass is 10.1. The normalized spacial score (nSPS) is 11.3. The summed E-state index contributed by atoms with van der Waals surface area (Å²) in [4.78, 5) is 13.8. The number of H-pyrrole nitrogens is 1. The summed E-state index contributed by atoms with van der Waals surface area (Å²) in [6, 6.07) is 6.01. The molecule has 0 saturated carbocycles. The summed E-state index contributed by atoms with van der Waals surface area (Å²) in [6.07, 6.45) is 6.72. The monoisotopic (exact) mass is 214 g/mol. The number of aldehydes is 1. The van der Waals surface area contributed by atoms with Gasteiger partial charge in [-0.25, -0.2) is 0 Å². The van der Waals surface area contributed by atoms with Gasteiger partial charge in [0.15, 0.2) is 6.29 Å². The highest BCUT2D eigenvalue weighted by Crippen LogP contribution is 2.18. The van der Waals surface area contributed by atoms with Crippen LogP contribution in [0.1, 0.15) is 15.9 Å². The van der Waals surface area contributed by atoms with E-state index in [4.69, 9.17) is 0 Å². The molecule has 0 saturated heterocycles. The van der Waals surface area contributed by atoms with Crippen LogP contribution in [-0.4, -0.2) is 24.9 Å². The zero-order valence-electron chi connectivity index (χ0n) is 9.16. The summed E-state index contributed by atoms with van der Waals surface area (Å²) in [5.41, 5.74) is 2.83. The van der Waals surface area contributed by atoms with E-state index in [0.29, 0.717) is 5.56 Å². The first-order valence-electron chi connectivity index (χ1n) is 5.22. The highest BCUT2D eigenvalue weighted by atomic mass is 16.1. The molecule has 3 nitrogen and oxygen atoms in total. The highest BCUT2D eigenvalue weighted by molar-refractivity contribution is 5.97. The van der Waals surface area contributed by atoms with Crippen LogP contribution in [0.25, 0.3) is 17.0 Å². The molecule has 1 aromatic heterocycles. The Morgan fingerprint density at radius 1 is 1.44 bits per heavy atom. The van der Waals surface area contributed by atoms with E-state index >= 15 is 0 Å². The smallest absolute Gasteiger partial charge is 0.152 e. The number of hydrogen-bond donors (Lipinski definition) is 2. The van der Waals surface area contributed by atoms with Gasteiger partial charge in [0.1, 0.15) is 0 Å². The van der Waals surface area contributed by atoms with Crippen molar-refractivity contribution in [3.05, 3.63) is 41.6 Å². The molecule has 1 heterocycles. The topological polar surface area (TPSA) is 44.9 Å². The van der Waals surface area contributed by atoms with Crippen molar-refractivity contribution in [1.82, 2.24) is 10.3 Å². The van der Waals surface area contributed by atoms with Crippen LogP contribution in [0, 0.1) is 0 Å². The van der Waals surface area contributed by atoms with Crippen LogP contribution in [0.2, 0.25) is 0 Å². The molecule has 3 heteroatoms. The van der Waals surface area contributed by atoms with Crippen molar-refractivity contribution in [3.63, 3.8) is 0 Å². The molecule has 2 N–H and O–H groups in total. The molecule has 0 spiro atoms.